The summed E-state index contributed by atoms with van der Waals surface area (Å²) < 4.78 is 5.50. The molecule has 0 spiro atoms. The second kappa shape index (κ2) is 72.8. The molecule has 1 amide bonds. The minimum absolute atomic E-state index is 0.0113. The van der Waals surface area contributed by atoms with Crippen LogP contribution in [0.4, 0.5) is 0 Å². The third kappa shape index (κ3) is 69.3. The second-order valence-electron chi connectivity index (χ2n) is 26.3. The lowest BCUT2D eigenvalue weighted by molar-refractivity contribution is -0.143. The van der Waals surface area contributed by atoms with Crippen molar-refractivity contribution in [2.24, 2.45) is 0 Å². The van der Waals surface area contributed by atoms with E-state index in [9.17, 15) is 19.8 Å². The minimum Gasteiger partial charge on any atom is -0.466 e. The standard InChI is InChI=1S/C77H149NO5/c1-3-5-7-9-11-13-15-17-19-21-22-23-24-28-31-34-38-41-45-49-53-57-61-65-69-75(80)74(73-79)78-76(81)70-66-62-58-54-50-46-42-39-35-32-29-26-25-27-30-33-36-40-44-48-52-56-60-64-68-72-83-77(82)71-67-63-59-55-51-47-43-37-20-18-16-14-12-10-8-6-4-2/h18,20,26,29,74-75,79-80H,3-17,19,21-25,27-28,30-73H2,1-2H3,(H,78,81)/b20-18-,29-26-. The first-order chi connectivity index (χ1) is 41.0. The van der Waals surface area contributed by atoms with Crippen molar-refractivity contribution in [1.82, 2.24) is 5.32 Å². The fraction of sp³-hybridized carbons (Fsp3) is 0.922. The summed E-state index contributed by atoms with van der Waals surface area (Å²) >= 11 is 0. The van der Waals surface area contributed by atoms with Gasteiger partial charge in [-0.05, 0) is 77.0 Å². The van der Waals surface area contributed by atoms with Gasteiger partial charge in [0.05, 0.1) is 25.4 Å². The highest BCUT2D eigenvalue weighted by Gasteiger charge is 2.20. The van der Waals surface area contributed by atoms with Crippen LogP contribution in [0.25, 0.3) is 0 Å². The maximum atomic E-state index is 12.6. The Morgan fingerprint density at radius 1 is 0.325 bits per heavy atom. The SMILES string of the molecule is CCCCCCCC/C=C\CCCCCCCCCC(=O)OCCCCCCCCCCCCCC/C=C\CCCCCCCCCCCC(=O)NC(CO)C(O)CCCCCCCCCCCCCCCCCCCCCCCCCC. The molecule has 0 saturated carbocycles. The molecule has 0 aromatic carbocycles. The van der Waals surface area contributed by atoms with Crippen LogP contribution in [-0.2, 0) is 14.3 Å². The summed E-state index contributed by atoms with van der Waals surface area (Å²) in [7, 11) is 0. The van der Waals surface area contributed by atoms with E-state index in [-0.39, 0.29) is 18.5 Å². The number of carbonyl (C=O) groups is 2. The molecule has 0 saturated heterocycles. The predicted octanol–water partition coefficient (Wildman–Crippen LogP) is 24.9. The van der Waals surface area contributed by atoms with Gasteiger partial charge in [0.2, 0.25) is 5.91 Å². The van der Waals surface area contributed by atoms with Crippen molar-refractivity contribution in [3.63, 3.8) is 0 Å². The van der Waals surface area contributed by atoms with E-state index >= 15 is 0 Å². The van der Waals surface area contributed by atoms with Gasteiger partial charge >= 0.3 is 5.97 Å². The predicted molar refractivity (Wildman–Crippen MR) is 366 cm³/mol. The molecular formula is C77H149NO5. The Labute approximate surface area is 520 Å². The Morgan fingerprint density at radius 3 is 0.855 bits per heavy atom. The molecule has 0 bridgehead atoms. The van der Waals surface area contributed by atoms with Crippen LogP contribution in [0.15, 0.2) is 24.3 Å². The largest absolute Gasteiger partial charge is 0.466 e. The highest BCUT2D eigenvalue weighted by Crippen LogP contribution is 2.19. The van der Waals surface area contributed by atoms with Crippen molar-refractivity contribution in [1.29, 1.82) is 0 Å². The number of unbranched alkanes of at least 4 members (excludes halogenated alkanes) is 57. The van der Waals surface area contributed by atoms with E-state index in [4.69, 9.17) is 4.74 Å². The normalized spacial score (nSPS) is 12.6. The van der Waals surface area contributed by atoms with Crippen LogP contribution in [0, 0.1) is 0 Å². The van der Waals surface area contributed by atoms with Gasteiger partial charge in [-0.1, -0.05) is 366 Å². The number of allylic oxidation sites excluding steroid dienone is 4. The van der Waals surface area contributed by atoms with E-state index in [1.54, 1.807) is 0 Å². The number of aliphatic hydroxyl groups excluding tert-OH is 2. The molecule has 0 aliphatic heterocycles. The monoisotopic (exact) mass is 1170 g/mol. The lowest BCUT2D eigenvalue weighted by Crippen LogP contribution is -2.45. The third-order valence-corrected chi connectivity index (χ3v) is 18.0. The fourth-order valence-electron chi connectivity index (χ4n) is 12.2. The van der Waals surface area contributed by atoms with Gasteiger partial charge in [-0.3, -0.25) is 9.59 Å². The first-order valence-corrected chi connectivity index (χ1v) is 38.1. The number of nitrogens with one attached hydrogen (secondary N) is 1. The highest BCUT2D eigenvalue weighted by atomic mass is 16.5. The Morgan fingerprint density at radius 2 is 0.566 bits per heavy atom. The van der Waals surface area contributed by atoms with Crippen molar-refractivity contribution in [2.75, 3.05) is 13.2 Å². The summed E-state index contributed by atoms with van der Waals surface area (Å²) in [6.45, 7) is 4.99. The third-order valence-electron chi connectivity index (χ3n) is 18.0. The van der Waals surface area contributed by atoms with Gasteiger partial charge in [-0.2, -0.15) is 0 Å². The van der Waals surface area contributed by atoms with Gasteiger partial charge in [0.25, 0.3) is 0 Å². The molecule has 2 atom stereocenters. The first kappa shape index (κ1) is 81.3. The molecular weight excluding hydrogens is 1020 g/mol. The number of hydrogen-bond donors (Lipinski definition) is 3. The van der Waals surface area contributed by atoms with E-state index in [0.29, 0.717) is 25.9 Å². The summed E-state index contributed by atoms with van der Waals surface area (Å²) in [6, 6.07) is -0.545. The smallest absolute Gasteiger partial charge is 0.305 e. The molecule has 6 heteroatoms. The number of amides is 1. The van der Waals surface area contributed by atoms with Crippen molar-refractivity contribution >= 4 is 11.9 Å². The Balaban J connectivity index is 3.39. The van der Waals surface area contributed by atoms with Gasteiger partial charge < -0.3 is 20.3 Å². The maximum Gasteiger partial charge on any atom is 0.305 e. The average Bonchev–Trinajstić information content (AvgIpc) is 3.48. The summed E-state index contributed by atoms with van der Waals surface area (Å²) in [5.74, 6) is -0.0215. The highest BCUT2D eigenvalue weighted by molar-refractivity contribution is 5.76. The lowest BCUT2D eigenvalue weighted by atomic mass is 10.0. The van der Waals surface area contributed by atoms with Crippen molar-refractivity contribution in [3.05, 3.63) is 24.3 Å². The summed E-state index contributed by atoms with van der Waals surface area (Å²) in [5, 5.41) is 23.5. The topological polar surface area (TPSA) is 95.9 Å². The fourth-order valence-corrected chi connectivity index (χ4v) is 12.2. The van der Waals surface area contributed by atoms with Crippen molar-refractivity contribution in [3.8, 4) is 0 Å². The van der Waals surface area contributed by atoms with E-state index in [0.717, 1.165) is 44.9 Å². The number of rotatable bonds is 72. The molecule has 0 aromatic rings. The van der Waals surface area contributed by atoms with E-state index in [1.165, 1.54) is 353 Å². The Hall–Kier alpha value is -1.66. The zero-order valence-corrected chi connectivity index (χ0v) is 56.5. The van der Waals surface area contributed by atoms with Crippen LogP contribution in [0.5, 0.6) is 0 Å². The quantitative estimate of drug-likeness (QED) is 0.0320. The zero-order valence-electron chi connectivity index (χ0n) is 56.5. The molecule has 3 N–H and O–H groups in total. The van der Waals surface area contributed by atoms with Gasteiger partial charge in [-0.15, -0.1) is 0 Å². The van der Waals surface area contributed by atoms with Gasteiger partial charge in [0.15, 0.2) is 0 Å². The van der Waals surface area contributed by atoms with Crippen LogP contribution in [0.1, 0.15) is 431 Å². The Kier molecular flexibility index (Phi) is 71.4. The molecule has 2 unspecified atom stereocenters. The van der Waals surface area contributed by atoms with E-state index in [1.807, 2.05) is 0 Å². The molecule has 0 fully saturated rings. The van der Waals surface area contributed by atoms with Crippen LogP contribution in [0.2, 0.25) is 0 Å². The van der Waals surface area contributed by atoms with Crippen LogP contribution in [0.3, 0.4) is 0 Å². The van der Waals surface area contributed by atoms with Crippen molar-refractivity contribution in [2.45, 2.75) is 443 Å². The number of carbonyl (C=O) groups excluding carboxylic acids is 2. The van der Waals surface area contributed by atoms with Crippen LogP contribution >= 0.6 is 0 Å². The molecule has 0 radical (unpaired) electrons. The zero-order chi connectivity index (χ0) is 59.9. The van der Waals surface area contributed by atoms with Gasteiger partial charge in [0.1, 0.15) is 0 Å². The summed E-state index contributed by atoms with van der Waals surface area (Å²) in [4.78, 5) is 24.7. The van der Waals surface area contributed by atoms with Crippen molar-refractivity contribution < 1.29 is 24.5 Å². The molecule has 0 rings (SSSR count). The number of hydrogen-bond acceptors (Lipinski definition) is 5. The molecule has 83 heavy (non-hydrogen) atoms. The molecule has 0 aliphatic rings. The maximum absolute atomic E-state index is 12.6. The lowest BCUT2D eigenvalue weighted by Gasteiger charge is -2.22. The number of ether oxygens (including phenoxy) is 1. The molecule has 0 heterocycles. The van der Waals surface area contributed by atoms with Gasteiger partial charge in [-0.25, -0.2) is 0 Å². The number of aliphatic hydroxyl groups is 2. The molecule has 492 valence electrons. The first-order valence-electron chi connectivity index (χ1n) is 38.1. The minimum atomic E-state index is -0.668. The molecule has 0 aliphatic carbocycles. The second-order valence-corrected chi connectivity index (χ2v) is 26.3. The van der Waals surface area contributed by atoms with Crippen LogP contribution < -0.4 is 5.32 Å². The summed E-state index contributed by atoms with van der Waals surface area (Å²) in [5.41, 5.74) is 0. The van der Waals surface area contributed by atoms with E-state index < -0.39 is 12.1 Å². The average molecular weight is 1170 g/mol. The molecule has 6 nitrogen and oxygen atoms in total. The van der Waals surface area contributed by atoms with Gasteiger partial charge in [0, 0.05) is 12.8 Å². The number of esters is 1. The van der Waals surface area contributed by atoms with Crippen LogP contribution in [-0.4, -0.2) is 47.4 Å². The Bertz CT molecular complexity index is 1300. The molecule has 0 aromatic heterocycles. The summed E-state index contributed by atoms with van der Waals surface area (Å²) in [6.07, 6.45) is 92.4. The van der Waals surface area contributed by atoms with E-state index in [2.05, 4.69) is 43.5 Å².